The van der Waals surface area contributed by atoms with Gasteiger partial charge in [-0.1, -0.05) is 25.7 Å². The summed E-state index contributed by atoms with van der Waals surface area (Å²) >= 11 is 7.04. The van der Waals surface area contributed by atoms with E-state index < -0.39 is 0 Å². The van der Waals surface area contributed by atoms with E-state index in [-0.39, 0.29) is 23.2 Å². The molecule has 0 spiro atoms. The minimum Gasteiger partial charge on any atom is -0.367 e. The molecule has 9 rings (SSSR count). The van der Waals surface area contributed by atoms with E-state index in [2.05, 4.69) is 84.4 Å². The van der Waals surface area contributed by atoms with Crippen molar-refractivity contribution in [2.24, 2.45) is 0 Å². The first-order valence-corrected chi connectivity index (χ1v) is 20.9. The molecule has 0 bridgehead atoms. The number of nitrogens with one attached hydrogen (secondary N) is 2. The van der Waals surface area contributed by atoms with Crippen LogP contribution in [0.2, 0.25) is 0 Å². The maximum absolute atomic E-state index is 13.3. The number of piperazine rings is 1. The summed E-state index contributed by atoms with van der Waals surface area (Å²) in [6, 6.07) is 8.29. The van der Waals surface area contributed by atoms with E-state index in [4.69, 9.17) is 9.97 Å². The highest BCUT2D eigenvalue weighted by atomic mass is 79.9. The van der Waals surface area contributed by atoms with Crippen LogP contribution in [-0.4, -0.2) is 65.2 Å². The number of anilines is 6. The molecule has 0 atom stereocenters. The van der Waals surface area contributed by atoms with Gasteiger partial charge in [0.2, 0.25) is 11.9 Å². The zero-order valence-electron chi connectivity index (χ0n) is 31.3. The fourth-order valence-electron chi connectivity index (χ4n) is 8.47. The van der Waals surface area contributed by atoms with Crippen molar-refractivity contribution in [3.05, 3.63) is 89.8 Å². The summed E-state index contributed by atoms with van der Waals surface area (Å²) < 4.78 is 4.85. The molecule has 16 heteroatoms. The Morgan fingerprint density at radius 2 is 0.964 bits per heavy atom. The molecule has 2 N–H and O–H groups in total. The maximum atomic E-state index is 13.3. The lowest BCUT2D eigenvalue weighted by molar-refractivity contribution is 0.514. The predicted molar refractivity (Wildman–Crippen MR) is 227 cm³/mol. The third-order valence-electron chi connectivity index (χ3n) is 11.6. The van der Waals surface area contributed by atoms with Gasteiger partial charge in [0.15, 0.2) is 0 Å². The van der Waals surface area contributed by atoms with Crippen LogP contribution in [0.5, 0.6) is 0 Å². The highest BCUT2D eigenvalue weighted by molar-refractivity contribution is 9.10. The largest absolute Gasteiger partial charge is 0.367 e. The summed E-state index contributed by atoms with van der Waals surface area (Å²) in [5.41, 5.74) is 5.02. The Bertz CT molecular complexity index is 2380. The van der Waals surface area contributed by atoms with Gasteiger partial charge in [0, 0.05) is 61.4 Å². The predicted octanol–water partition coefficient (Wildman–Crippen LogP) is 7.87. The van der Waals surface area contributed by atoms with Crippen molar-refractivity contribution in [2.45, 2.75) is 77.3 Å². The van der Waals surface area contributed by atoms with E-state index in [0.29, 0.717) is 43.8 Å². The Kier molecular flexibility index (Phi) is 9.94. The number of hydrogen-bond acceptors (Lipinski definition) is 12. The normalized spacial score (nSPS) is 16.7. The fourth-order valence-corrected chi connectivity index (χ4v) is 9.28. The van der Waals surface area contributed by atoms with Crippen LogP contribution in [0.15, 0.2) is 67.6 Å². The lowest BCUT2D eigenvalue weighted by Crippen LogP contribution is -2.46. The van der Waals surface area contributed by atoms with Gasteiger partial charge < -0.3 is 20.4 Å². The van der Waals surface area contributed by atoms with E-state index in [1.54, 1.807) is 12.4 Å². The average molecular weight is 883 g/mol. The topological polar surface area (TPSA) is 152 Å². The standard InChI is InChI=1S/C40H42Br2N12O2/c1-23-29-21-45-39(49-35(29)53(37(55)33(23)41)25-7-3-4-8-25)47-31-13-11-27(19-43-31)51-15-17-52(18-16-51)28-12-14-32(44-20-28)48-40-46-22-30-24(2)34(42)38(56)54(36(30)50-40)26-9-5-6-10-26/h11-14,19-22,25-26H,3-10,15-18H2,1-2H3,(H,43,45,47,49)(H,44,46,48,50). The fraction of sp³-hybridized carbons (Fsp3) is 0.400. The number of aromatic nitrogens is 8. The van der Waals surface area contributed by atoms with Gasteiger partial charge in [0.25, 0.3) is 11.1 Å². The third-order valence-corrected chi connectivity index (χ3v) is 13.5. The van der Waals surface area contributed by atoms with Crippen molar-refractivity contribution in [2.75, 3.05) is 46.6 Å². The molecule has 1 aliphatic heterocycles. The van der Waals surface area contributed by atoms with Crippen molar-refractivity contribution >= 4 is 88.8 Å². The van der Waals surface area contributed by atoms with E-state index in [1.165, 1.54) is 0 Å². The summed E-state index contributed by atoms with van der Waals surface area (Å²) in [6.07, 6.45) is 15.7. The van der Waals surface area contributed by atoms with E-state index >= 15 is 0 Å². The van der Waals surface area contributed by atoms with Gasteiger partial charge in [-0.25, -0.2) is 19.9 Å². The van der Waals surface area contributed by atoms with Crippen LogP contribution in [0.3, 0.4) is 0 Å². The maximum Gasteiger partial charge on any atom is 0.267 e. The highest BCUT2D eigenvalue weighted by Gasteiger charge is 2.26. The molecular weight excluding hydrogens is 840 g/mol. The molecule has 288 valence electrons. The molecule has 0 radical (unpaired) electrons. The molecule has 0 aromatic carbocycles. The van der Waals surface area contributed by atoms with Crippen LogP contribution in [0.4, 0.5) is 34.9 Å². The van der Waals surface area contributed by atoms with Crippen molar-refractivity contribution < 1.29 is 0 Å². The lowest BCUT2D eigenvalue weighted by Gasteiger charge is -2.37. The number of aryl methyl sites for hydroxylation is 2. The Morgan fingerprint density at radius 3 is 1.32 bits per heavy atom. The zero-order valence-corrected chi connectivity index (χ0v) is 34.5. The molecule has 6 aromatic heterocycles. The van der Waals surface area contributed by atoms with Gasteiger partial charge in [-0.05, 0) is 107 Å². The van der Waals surface area contributed by atoms with Gasteiger partial charge in [0.05, 0.1) is 32.7 Å². The molecule has 0 amide bonds. The first-order valence-electron chi connectivity index (χ1n) is 19.3. The third kappa shape index (κ3) is 6.80. The summed E-state index contributed by atoms with van der Waals surface area (Å²) in [7, 11) is 0. The Labute approximate surface area is 340 Å². The van der Waals surface area contributed by atoms with Gasteiger partial charge in [-0.2, -0.15) is 9.97 Å². The van der Waals surface area contributed by atoms with Crippen LogP contribution in [0, 0.1) is 13.8 Å². The Morgan fingerprint density at radius 1 is 0.571 bits per heavy atom. The number of nitrogens with zero attached hydrogens (tertiary/aromatic N) is 10. The average Bonchev–Trinajstić information content (AvgIpc) is 3.96. The van der Waals surface area contributed by atoms with Crippen LogP contribution in [0.1, 0.15) is 74.6 Å². The second-order valence-corrected chi connectivity index (χ2v) is 16.6. The highest BCUT2D eigenvalue weighted by Crippen LogP contribution is 2.34. The number of pyridine rings is 4. The molecule has 2 aliphatic carbocycles. The zero-order chi connectivity index (χ0) is 38.5. The van der Waals surface area contributed by atoms with E-state index in [9.17, 15) is 9.59 Å². The Hall–Kier alpha value is -4.96. The summed E-state index contributed by atoms with van der Waals surface area (Å²) in [4.78, 5) is 59.4. The smallest absolute Gasteiger partial charge is 0.267 e. The van der Waals surface area contributed by atoms with Gasteiger partial charge in [0.1, 0.15) is 22.9 Å². The monoisotopic (exact) mass is 880 g/mol. The summed E-state index contributed by atoms with van der Waals surface area (Å²) in [6.45, 7) is 7.18. The summed E-state index contributed by atoms with van der Waals surface area (Å²) in [5.74, 6) is 2.09. The molecule has 6 aromatic rings. The first-order chi connectivity index (χ1) is 27.2. The van der Waals surface area contributed by atoms with Gasteiger partial charge in [-0.15, -0.1) is 0 Å². The molecule has 3 fully saturated rings. The Balaban J connectivity index is 0.840. The lowest BCUT2D eigenvalue weighted by atomic mass is 10.1. The number of fused-ring (bicyclic) bond motifs is 2. The van der Waals surface area contributed by atoms with E-state index in [0.717, 1.165) is 111 Å². The van der Waals surface area contributed by atoms with Crippen molar-refractivity contribution in [3.8, 4) is 0 Å². The van der Waals surface area contributed by atoms with Gasteiger partial charge >= 0.3 is 0 Å². The molecule has 7 heterocycles. The van der Waals surface area contributed by atoms with Crippen molar-refractivity contribution in [3.63, 3.8) is 0 Å². The molecule has 2 saturated carbocycles. The van der Waals surface area contributed by atoms with Crippen LogP contribution < -0.4 is 31.6 Å². The molecule has 1 saturated heterocycles. The number of rotatable bonds is 8. The quantitative estimate of drug-likeness (QED) is 0.153. The van der Waals surface area contributed by atoms with Crippen molar-refractivity contribution in [1.29, 1.82) is 0 Å². The molecule has 0 unspecified atom stereocenters. The van der Waals surface area contributed by atoms with Crippen molar-refractivity contribution in [1.82, 2.24) is 39.0 Å². The van der Waals surface area contributed by atoms with Crippen LogP contribution >= 0.6 is 31.9 Å². The second kappa shape index (κ2) is 15.2. The molecular formula is C40H42Br2N12O2. The number of halogens is 2. The first kappa shape index (κ1) is 36.7. The molecule has 3 aliphatic rings. The van der Waals surface area contributed by atoms with Crippen LogP contribution in [0.25, 0.3) is 22.1 Å². The van der Waals surface area contributed by atoms with Gasteiger partial charge in [-0.3, -0.25) is 18.7 Å². The SMILES string of the molecule is Cc1c(Br)c(=O)n(C2CCCC2)c2nc(Nc3ccc(N4CCN(c5ccc(Nc6ncc7c(C)c(Br)c(=O)n(C8CCCC8)c7n6)nc5)CC4)cn3)ncc12. The minimum absolute atomic E-state index is 0.0384. The molecule has 14 nitrogen and oxygen atoms in total. The second-order valence-electron chi connectivity index (χ2n) is 15.0. The minimum atomic E-state index is -0.0384. The van der Waals surface area contributed by atoms with E-state index in [1.807, 2.05) is 47.5 Å². The summed E-state index contributed by atoms with van der Waals surface area (Å²) in [5, 5.41) is 8.24. The van der Waals surface area contributed by atoms with Crippen LogP contribution in [-0.2, 0) is 0 Å². The number of hydrogen-bond donors (Lipinski definition) is 2. The molecule has 56 heavy (non-hydrogen) atoms.